The number of anilines is 1. The van der Waals surface area contributed by atoms with Crippen molar-refractivity contribution in [2.75, 3.05) is 12.3 Å². The largest absolute Gasteiger partial charge is 0.469 e. The van der Waals surface area contributed by atoms with E-state index >= 15 is 0 Å². The molecule has 160 valence electrons. The van der Waals surface area contributed by atoms with E-state index in [0.717, 1.165) is 25.7 Å². The molecule has 1 aliphatic carbocycles. The van der Waals surface area contributed by atoms with Crippen LogP contribution in [-0.4, -0.2) is 58.5 Å². The predicted octanol–water partition coefficient (Wildman–Crippen LogP) is 1.12. The zero-order valence-electron chi connectivity index (χ0n) is 15.5. The van der Waals surface area contributed by atoms with Crippen LogP contribution in [0.3, 0.4) is 0 Å². The number of rotatable bonds is 5. The molecule has 0 amide bonds. The first kappa shape index (κ1) is 21.0. The summed E-state index contributed by atoms with van der Waals surface area (Å²) in [6, 6.07) is 0. The van der Waals surface area contributed by atoms with Gasteiger partial charge in [0.05, 0.1) is 24.3 Å². The van der Waals surface area contributed by atoms with Crippen LogP contribution >= 0.6 is 20.5 Å². The topological polar surface area (TPSA) is 166 Å². The molecule has 2 fully saturated rings. The first-order valence-electron chi connectivity index (χ1n) is 9.46. The molecular formula is C16H24N5O6PS. The highest BCUT2D eigenvalue weighted by molar-refractivity contribution is 7.81. The van der Waals surface area contributed by atoms with Crippen molar-refractivity contribution in [2.45, 2.75) is 61.7 Å². The summed E-state index contributed by atoms with van der Waals surface area (Å²) in [7, 11) is -4.68. The van der Waals surface area contributed by atoms with Crippen LogP contribution in [0, 0.1) is 0 Å². The number of aliphatic hydroxyl groups excluding tert-OH is 1. The molecular weight excluding hydrogens is 421 g/mol. The maximum atomic E-state index is 11.0. The van der Waals surface area contributed by atoms with Crippen molar-refractivity contribution in [1.82, 2.24) is 19.5 Å². The fourth-order valence-electron chi connectivity index (χ4n) is 3.95. The Bertz CT molecular complexity index is 932. The maximum absolute atomic E-state index is 11.0. The Morgan fingerprint density at radius 3 is 2.72 bits per heavy atom. The van der Waals surface area contributed by atoms with Crippen molar-refractivity contribution >= 4 is 37.4 Å². The SMILES string of the molecule is Nc1nc(C2CCCCC2)nc2c1ncn2[C@@H]1O[C@H](COP(=O)(O)O)[C@@H](O)[C@H]1S. The summed E-state index contributed by atoms with van der Waals surface area (Å²) in [5.41, 5.74) is 7.02. The molecule has 4 atom stereocenters. The molecule has 1 saturated carbocycles. The standard InChI is InChI=1S/C16H24N5O6PS/c17-13-10-15(20-14(19-13)8-4-2-1-3-5-8)21(7-18-10)16-12(29)11(22)9(27-16)6-26-28(23,24)25/h7-9,11-12,16,22,29H,1-6H2,(H2,17,19,20)(H2,23,24,25)/t9-,11-,12-,16-/m1/s1. The van der Waals surface area contributed by atoms with Crippen LogP contribution in [-0.2, 0) is 13.8 Å². The van der Waals surface area contributed by atoms with Gasteiger partial charge < -0.3 is 25.4 Å². The molecule has 3 heterocycles. The first-order valence-corrected chi connectivity index (χ1v) is 11.5. The molecule has 2 aromatic rings. The van der Waals surface area contributed by atoms with Crippen LogP contribution in [0.2, 0.25) is 0 Å². The van der Waals surface area contributed by atoms with E-state index in [0.29, 0.717) is 17.0 Å². The Labute approximate surface area is 172 Å². The quantitative estimate of drug-likeness (QED) is 0.332. The van der Waals surface area contributed by atoms with Gasteiger partial charge in [0.1, 0.15) is 17.4 Å². The average Bonchev–Trinajstić information content (AvgIpc) is 3.22. The van der Waals surface area contributed by atoms with E-state index in [9.17, 15) is 9.67 Å². The number of hydrogen-bond donors (Lipinski definition) is 5. The van der Waals surface area contributed by atoms with Crippen LogP contribution in [0.15, 0.2) is 6.33 Å². The van der Waals surface area contributed by atoms with Gasteiger partial charge in [0.2, 0.25) is 0 Å². The molecule has 29 heavy (non-hydrogen) atoms. The number of nitrogens with zero attached hydrogens (tertiary/aromatic N) is 4. The van der Waals surface area contributed by atoms with Crippen molar-refractivity contribution in [3.63, 3.8) is 0 Å². The van der Waals surface area contributed by atoms with E-state index in [1.165, 1.54) is 12.7 Å². The normalized spacial score (nSPS) is 29.0. The molecule has 2 aliphatic rings. The number of imidazole rings is 1. The number of ether oxygens (including phenoxy) is 1. The lowest BCUT2D eigenvalue weighted by Gasteiger charge is -2.21. The van der Waals surface area contributed by atoms with Crippen LogP contribution in [0.5, 0.6) is 0 Å². The minimum absolute atomic E-state index is 0.241. The lowest BCUT2D eigenvalue weighted by atomic mass is 9.89. The Morgan fingerprint density at radius 1 is 1.31 bits per heavy atom. The number of thiol groups is 1. The molecule has 0 aromatic carbocycles. The van der Waals surface area contributed by atoms with Gasteiger partial charge in [-0.1, -0.05) is 19.3 Å². The minimum atomic E-state index is -4.68. The molecule has 0 radical (unpaired) electrons. The van der Waals surface area contributed by atoms with Gasteiger partial charge >= 0.3 is 7.82 Å². The van der Waals surface area contributed by atoms with Crippen LogP contribution in [0.25, 0.3) is 11.2 Å². The number of phosphoric acid groups is 1. The second kappa shape index (κ2) is 8.10. The fraction of sp³-hybridized carbons (Fsp3) is 0.688. The number of hydrogen-bond acceptors (Lipinski definition) is 9. The van der Waals surface area contributed by atoms with E-state index in [4.69, 9.17) is 25.2 Å². The van der Waals surface area contributed by atoms with Gasteiger partial charge in [-0.3, -0.25) is 9.09 Å². The molecule has 0 unspecified atom stereocenters. The monoisotopic (exact) mass is 445 g/mol. The summed E-state index contributed by atoms with van der Waals surface area (Å²) >= 11 is 4.42. The van der Waals surface area contributed by atoms with E-state index < -0.39 is 38.1 Å². The second-order valence-corrected chi connectivity index (χ2v) is 9.29. The minimum Gasteiger partial charge on any atom is -0.389 e. The number of aliphatic hydroxyl groups is 1. The third-order valence-corrected chi connectivity index (χ3v) is 6.50. The lowest BCUT2D eigenvalue weighted by molar-refractivity contribution is -0.0422. The molecule has 0 spiro atoms. The van der Waals surface area contributed by atoms with Gasteiger partial charge in [0, 0.05) is 5.92 Å². The van der Waals surface area contributed by atoms with Crippen molar-refractivity contribution in [3.05, 3.63) is 12.2 Å². The summed E-state index contributed by atoms with van der Waals surface area (Å²) in [6.45, 7) is -0.476. The van der Waals surface area contributed by atoms with Gasteiger partial charge in [-0.05, 0) is 12.8 Å². The number of phosphoric ester groups is 1. The number of nitrogen functional groups attached to an aromatic ring is 1. The zero-order chi connectivity index (χ0) is 20.8. The lowest BCUT2D eigenvalue weighted by Crippen LogP contribution is -2.30. The molecule has 5 N–H and O–H groups in total. The number of nitrogens with two attached hydrogens (primary N) is 1. The second-order valence-electron chi connectivity index (χ2n) is 7.46. The number of fused-ring (bicyclic) bond motifs is 1. The molecule has 4 rings (SSSR count). The summed E-state index contributed by atoms with van der Waals surface area (Å²) in [4.78, 5) is 31.2. The Balaban J connectivity index is 1.63. The summed E-state index contributed by atoms with van der Waals surface area (Å²) in [5.74, 6) is 1.20. The van der Waals surface area contributed by atoms with E-state index in [-0.39, 0.29) is 11.7 Å². The summed E-state index contributed by atoms with van der Waals surface area (Å²) in [6.07, 6.45) is 4.13. The average molecular weight is 445 g/mol. The van der Waals surface area contributed by atoms with Gasteiger partial charge in [-0.15, -0.1) is 0 Å². The van der Waals surface area contributed by atoms with E-state index in [1.807, 2.05) is 0 Å². The van der Waals surface area contributed by atoms with Gasteiger partial charge in [0.15, 0.2) is 17.7 Å². The fourth-order valence-corrected chi connectivity index (χ4v) is 4.70. The van der Waals surface area contributed by atoms with Crippen molar-refractivity contribution in [1.29, 1.82) is 0 Å². The molecule has 0 bridgehead atoms. The van der Waals surface area contributed by atoms with Crippen LogP contribution in [0.1, 0.15) is 50.1 Å². The van der Waals surface area contributed by atoms with E-state index in [1.54, 1.807) is 4.57 Å². The van der Waals surface area contributed by atoms with Gasteiger partial charge in [-0.2, -0.15) is 12.6 Å². The number of aromatic nitrogens is 4. The third kappa shape index (κ3) is 4.29. The Hall–Kier alpha value is -1.27. The van der Waals surface area contributed by atoms with Crippen molar-refractivity contribution in [2.24, 2.45) is 0 Å². The van der Waals surface area contributed by atoms with Crippen LogP contribution in [0.4, 0.5) is 5.82 Å². The summed E-state index contributed by atoms with van der Waals surface area (Å²) < 4.78 is 22.8. The molecule has 1 saturated heterocycles. The molecule has 2 aromatic heterocycles. The molecule has 13 heteroatoms. The highest BCUT2D eigenvalue weighted by Crippen LogP contribution is 2.40. The molecule has 11 nitrogen and oxygen atoms in total. The third-order valence-electron chi connectivity index (χ3n) is 5.45. The Kier molecular flexibility index (Phi) is 5.86. The van der Waals surface area contributed by atoms with E-state index in [2.05, 4.69) is 27.1 Å². The Morgan fingerprint density at radius 2 is 2.03 bits per heavy atom. The van der Waals surface area contributed by atoms with Crippen LogP contribution < -0.4 is 5.73 Å². The van der Waals surface area contributed by atoms with Gasteiger partial charge in [0.25, 0.3) is 0 Å². The maximum Gasteiger partial charge on any atom is 0.469 e. The van der Waals surface area contributed by atoms with Gasteiger partial charge in [-0.25, -0.2) is 19.5 Å². The smallest absolute Gasteiger partial charge is 0.389 e. The predicted molar refractivity (Wildman–Crippen MR) is 106 cm³/mol. The zero-order valence-corrected chi connectivity index (χ0v) is 17.3. The highest BCUT2D eigenvalue weighted by Gasteiger charge is 2.44. The highest BCUT2D eigenvalue weighted by atomic mass is 32.1. The summed E-state index contributed by atoms with van der Waals surface area (Å²) in [5, 5.41) is 9.70. The first-order chi connectivity index (χ1) is 13.7. The molecule has 1 aliphatic heterocycles. The van der Waals surface area contributed by atoms with Crippen molar-refractivity contribution < 1.29 is 28.7 Å². The van der Waals surface area contributed by atoms with Crippen molar-refractivity contribution in [3.8, 4) is 0 Å².